The first-order valence-electron chi connectivity index (χ1n) is 8.61. The molecule has 0 bridgehead atoms. The number of methoxy groups -OCH3 is 1. The molecule has 2 aromatic carbocycles. The molecule has 0 aliphatic carbocycles. The zero-order valence-corrected chi connectivity index (χ0v) is 15.9. The van der Waals surface area contributed by atoms with Crippen molar-refractivity contribution in [3.05, 3.63) is 54.4 Å². The number of hydrogen-bond acceptors (Lipinski definition) is 6. The zero-order valence-electron chi connectivity index (χ0n) is 15.1. The van der Waals surface area contributed by atoms with Gasteiger partial charge in [0.2, 0.25) is 5.91 Å². The van der Waals surface area contributed by atoms with Gasteiger partial charge in [0.25, 0.3) is 5.89 Å². The molecule has 27 heavy (non-hydrogen) atoms. The lowest BCUT2D eigenvalue weighted by Crippen LogP contribution is -2.24. The average Bonchev–Trinajstić information content (AvgIpc) is 3.35. The van der Waals surface area contributed by atoms with Crippen LogP contribution in [0, 0.1) is 0 Å². The third kappa shape index (κ3) is 3.42. The molecule has 6 nitrogen and oxygen atoms in total. The van der Waals surface area contributed by atoms with Crippen molar-refractivity contribution in [2.75, 3.05) is 24.8 Å². The number of amides is 1. The summed E-state index contributed by atoms with van der Waals surface area (Å²) in [5.74, 6) is 1.60. The first-order chi connectivity index (χ1) is 13.2. The first-order valence-corrected chi connectivity index (χ1v) is 9.83. The molecule has 0 N–H and O–H groups in total. The Morgan fingerprint density at radius 2 is 2.07 bits per heavy atom. The predicted molar refractivity (Wildman–Crippen MR) is 104 cm³/mol. The van der Waals surface area contributed by atoms with Crippen LogP contribution in [-0.4, -0.2) is 36.0 Å². The predicted octanol–water partition coefficient (Wildman–Crippen LogP) is 3.99. The summed E-state index contributed by atoms with van der Waals surface area (Å²) >= 11 is 1.66. The molecule has 138 valence electrons. The minimum atomic E-state index is -0.0948. The van der Waals surface area contributed by atoms with Gasteiger partial charge in [-0.1, -0.05) is 23.4 Å². The third-order valence-corrected chi connectivity index (χ3v) is 5.36. The first kappa shape index (κ1) is 17.6. The Morgan fingerprint density at radius 3 is 2.89 bits per heavy atom. The standard InChI is InChI=1S/C20H19N3O3S/c1-25-17-9-4-3-8-16(17)20-21-19(22-26-20)13-10-18(24)23(12-13)14-6-5-7-15(11-14)27-2/h3-9,11,13H,10,12H2,1-2H3. The Bertz CT molecular complexity index is 972. The summed E-state index contributed by atoms with van der Waals surface area (Å²) in [5.41, 5.74) is 1.65. The van der Waals surface area contributed by atoms with Crippen LogP contribution in [0.5, 0.6) is 5.75 Å². The molecule has 0 saturated carbocycles. The van der Waals surface area contributed by atoms with Crippen molar-refractivity contribution >= 4 is 23.4 Å². The van der Waals surface area contributed by atoms with Gasteiger partial charge in [-0.2, -0.15) is 4.98 Å². The van der Waals surface area contributed by atoms with E-state index in [2.05, 4.69) is 10.1 Å². The molecule has 1 atom stereocenters. The van der Waals surface area contributed by atoms with Crippen LogP contribution < -0.4 is 9.64 Å². The maximum atomic E-state index is 12.5. The van der Waals surface area contributed by atoms with Gasteiger partial charge in [-0.05, 0) is 36.6 Å². The number of carbonyl (C=O) groups is 1. The average molecular weight is 381 g/mol. The number of para-hydroxylation sites is 1. The van der Waals surface area contributed by atoms with Crippen molar-refractivity contribution in [3.63, 3.8) is 0 Å². The van der Waals surface area contributed by atoms with Gasteiger partial charge in [-0.15, -0.1) is 11.8 Å². The maximum Gasteiger partial charge on any atom is 0.261 e. The molecule has 1 amide bonds. The molecular weight excluding hydrogens is 362 g/mol. The molecule has 4 rings (SSSR count). The molecule has 1 aliphatic heterocycles. The minimum Gasteiger partial charge on any atom is -0.496 e. The number of carbonyl (C=O) groups excluding carboxylic acids is 1. The smallest absolute Gasteiger partial charge is 0.261 e. The fourth-order valence-electron chi connectivity index (χ4n) is 3.24. The summed E-state index contributed by atoms with van der Waals surface area (Å²) < 4.78 is 10.8. The lowest BCUT2D eigenvalue weighted by molar-refractivity contribution is -0.117. The fourth-order valence-corrected chi connectivity index (χ4v) is 3.69. The molecule has 1 fully saturated rings. The highest BCUT2D eigenvalue weighted by atomic mass is 32.2. The lowest BCUT2D eigenvalue weighted by Gasteiger charge is -2.16. The van der Waals surface area contributed by atoms with E-state index >= 15 is 0 Å². The summed E-state index contributed by atoms with van der Waals surface area (Å²) in [6.45, 7) is 0.543. The van der Waals surface area contributed by atoms with E-state index in [-0.39, 0.29) is 11.8 Å². The van der Waals surface area contributed by atoms with E-state index in [1.165, 1.54) is 0 Å². The molecule has 1 unspecified atom stereocenters. The highest BCUT2D eigenvalue weighted by Gasteiger charge is 2.34. The number of benzene rings is 2. The number of ether oxygens (including phenoxy) is 1. The van der Waals surface area contributed by atoms with Gasteiger partial charge in [0.05, 0.1) is 12.7 Å². The maximum absolute atomic E-state index is 12.5. The molecule has 7 heteroatoms. The van der Waals surface area contributed by atoms with E-state index < -0.39 is 0 Å². The van der Waals surface area contributed by atoms with Crippen LogP contribution in [0.3, 0.4) is 0 Å². The number of hydrogen-bond donors (Lipinski definition) is 0. The van der Waals surface area contributed by atoms with Gasteiger partial charge in [0.15, 0.2) is 5.82 Å². The number of thioether (sulfide) groups is 1. The molecule has 0 radical (unpaired) electrons. The quantitative estimate of drug-likeness (QED) is 0.623. The largest absolute Gasteiger partial charge is 0.496 e. The van der Waals surface area contributed by atoms with E-state index in [1.807, 2.05) is 54.8 Å². The van der Waals surface area contributed by atoms with E-state index in [1.54, 1.807) is 23.8 Å². The van der Waals surface area contributed by atoms with Gasteiger partial charge >= 0.3 is 0 Å². The Balaban J connectivity index is 1.57. The van der Waals surface area contributed by atoms with Gasteiger partial charge in [-0.3, -0.25) is 4.79 Å². The van der Waals surface area contributed by atoms with Crippen LogP contribution in [-0.2, 0) is 4.79 Å². The molecule has 3 aromatic rings. The van der Waals surface area contributed by atoms with Crippen molar-refractivity contribution < 1.29 is 14.1 Å². The second-order valence-electron chi connectivity index (χ2n) is 6.26. The number of nitrogens with zero attached hydrogens (tertiary/aromatic N) is 3. The van der Waals surface area contributed by atoms with Crippen LogP contribution in [0.15, 0.2) is 57.9 Å². The topological polar surface area (TPSA) is 68.5 Å². The van der Waals surface area contributed by atoms with Crippen LogP contribution in [0.25, 0.3) is 11.5 Å². The van der Waals surface area contributed by atoms with Crippen LogP contribution in [0.4, 0.5) is 5.69 Å². The van der Waals surface area contributed by atoms with Crippen molar-refractivity contribution in [1.29, 1.82) is 0 Å². The Kier molecular flexibility index (Phi) is 4.85. The zero-order chi connectivity index (χ0) is 18.8. The van der Waals surface area contributed by atoms with Gasteiger partial charge in [-0.25, -0.2) is 0 Å². The normalized spacial score (nSPS) is 16.7. The SMILES string of the molecule is COc1ccccc1-c1nc(C2CC(=O)N(c3cccc(SC)c3)C2)no1. The van der Waals surface area contributed by atoms with Crippen molar-refractivity contribution in [1.82, 2.24) is 10.1 Å². The second kappa shape index (κ2) is 7.44. The highest BCUT2D eigenvalue weighted by molar-refractivity contribution is 7.98. The van der Waals surface area contributed by atoms with Gasteiger partial charge in [0, 0.05) is 29.5 Å². The number of anilines is 1. The summed E-state index contributed by atoms with van der Waals surface area (Å²) in [4.78, 5) is 20.0. The Hall–Kier alpha value is -2.80. The molecular formula is C20H19N3O3S. The fraction of sp³-hybridized carbons (Fsp3) is 0.250. The van der Waals surface area contributed by atoms with Crippen LogP contribution in [0.2, 0.25) is 0 Å². The van der Waals surface area contributed by atoms with Gasteiger partial charge < -0.3 is 14.2 Å². The lowest BCUT2D eigenvalue weighted by atomic mass is 10.1. The second-order valence-corrected chi connectivity index (χ2v) is 7.14. The van der Waals surface area contributed by atoms with Gasteiger partial charge in [0.1, 0.15) is 5.75 Å². The van der Waals surface area contributed by atoms with Crippen molar-refractivity contribution in [2.45, 2.75) is 17.2 Å². The Labute approximate surface area is 161 Å². The molecule has 2 heterocycles. The van der Waals surface area contributed by atoms with E-state index in [0.29, 0.717) is 30.4 Å². The summed E-state index contributed by atoms with van der Waals surface area (Å²) in [6, 6.07) is 15.5. The van der Waals surface area contributed by atoms with E-state index in [4.69, 9.17) is 9.26 Å². The molecule has 0 spiro atoms. The van der Waals surface area contributed by atoms with Crippen molar-refractivity contribution in [3.8, 4) is 17.2 Å². The third-order valence-electron chi connectivity index (χ3n) is 4.63. The minimum absolute atomic E-state index is 0.0712. The van der Waals surface area contributed by atoms with Crippen LogP contribution in [0.1, 0.15) is 18.2 Å². The van der Waals surface area contributed by atoms with Crippen LogP contribution >= 0.6 is 11.8 Å². The molecule has 1 saturated heterocycles. The molecule has 1 aliphatic rings. The summed E-state index contributed by atoms with van der Waals surface area (Å²) in [6.07, 6.45) is 2.39. The van der Waals surface area contributed by atoms with E-state index in [0.717, 1.165) is 16.1 Å². The number of aromatic nitrogens is 2. The van der Waals surface area contributed by atoms with Crippen molar-refractivity contribution in [2.24, 2.45) is 0 Å². The number of rotatable bonds is 5. The Morgan fingerprint density at radius 1 is 1.22 bits per heavy atom. The highest BCUT2D eigenvalue weighted by Crippen LogP contribution is 2.34. The van der Waals surface area contributed by atoms with E-state index in [9.17, 15) is 4.79 Å². The monoisotopic (exact) mass is 381 g/mol. The summed E-state index contributed by atoms with van der Waals surface area (Å²) in [7, 11) is 1.60. The summed E-state index contributed by atoms with van der Waals surface area (Å²) in [5, 5.41) is 4.12. The molecule has 1 aromatic heterocycles.